The lowest BCUT2D eigenvalue weighted by atomic mass is 9.82. The van der Waals surface area contributed by atoms with Gasteiger partial charge in [0.2, 0.25) is 0 Å². The van der Waals surface area contributed by atoms with Crippen molar-refractivity contribution in [3.05, 3.63) is 29.6 Å². The first kappa shape index (κ1) is 10.0. The lowest BCUT2D eigenvalue weighted by Gasteiger charge is -2.23. The predicted octanol–water partition coefficient (Wildman–Crippen LogP) is 2.73. The van der Waals surface area contributed by atoms with Crippen molar-refractivity contribution >= 4 is 5.78 Å². The van der Waals surface area contributed by atoms with Crippen molar-refractivity contribution in [2.75, 3.05) is 0 Å². The molecule has 3 atom stereocenters. The van der Waals surface area contributed by atoms with Crippen molar-refractivity contribution in [1.29, 1.82) is 0 Å². The molecule has 2 nitrogen and oxygen atoms in total. The summed E-state index contributed by atoms with van der Waals surface area (Å²) in [6.45, 7) is 2.17. The maximum atomic E-state index is 12.3. The molecule has 2 aliphatic rings. The van der Waals surface area contributed by atoms with Gasteiger partial charge in [0, 0.05) is 12.1 Å². The van der Waals surface area contributed by atoms with Gasteiger partial charge in [-0.15, -0.1) is 0 Å². The molecule has 16 heavy (non-hydrogen) atoms. The molecule has 1 saturated carbocycles. The van der Waals surface area contributed by atoms with E-state index in [9.17, 15) is 4.79 Å². The van der Waals surface area contributed by atoms with Gasteiger partial charge < -0.3 is 0 Å². The van der Waals surface area contributed by atoms with E-state index in [1.165, 1.54) is 5.56 Å². The first-order chi connectivity index (χ1) is 7.77. The number of rotatable bonds is 2. The fourth-order valence-electron chi connectivity index (χ4n) is 2.86. The molecule has 1 aromatic rings. The van der Waals surface area contributed by atoms with Gasteiger partial charge in [-0.2, -0.15) is 0 Å². The molecule has 0 radical (unpaired) electrons. The highest BCUT2D eigenvalue weighted by atomic mass is 16.1. The lowest BCUT2D eigenvalue weighted by molar-refractivity contribution is -0.122. The average molecular weight is 215 g/mol. The molecule has 0 spiro atoms. The highest BCUT2D eigenvalue weighted by Gasteiger charge is 2.43. The van der Waals surface area contributed by atoms with Gasteiger partial charge >= 0.3 is 0 Å². The molecule has 0 aliphatic heterocycles. The maximum absolute atomic E-state index is 12.3. The molecule has 0 amide bonds. The Balaban J connectivity index is 1.90. The van der Waals surface area contributed by atoms with E-state index in [2.05, 4.69) is 18.0 Å². The summed E-state index contributed by atoms with van der Waals surface area (Å²) in [7, 11) is 0. The molecule has 0 aromatic carbocycles. The number of fused-ring (bicyclic) bond motifs is 1. The van der Waals surface area contributed by atoms with Gasteiger partial charge in [0.05, 0.1) is 11.6 Å². The highest BCUT2D eigenvalue weighted by molar-refractivity contribution is 5.90. The smallest absolute Gasteiger partial charge is 0.145 e. The SMILES string of the molecule is CC1CC1C(=O)C1CCCc2cccnc21. The largest absolute Gasteiger partial charge is 0.299 e. The summed E-state index contributed by atoms with van der Waals surface area (Å²) in [6, 6.07) is 4.10. The molecular formula is C14H17NO. The molecule has 2 heteroatoms. The first-order valence-electron chi connectivity index (χ1n) is 6.25. The fourth-order valence-corrected chi connectivity index (χ4v) is 2.86. The Labute approximate surface area is 96.1 Å². The Morgan fingerprint density at radius 3 is 3.06 bits per heavy atom. The number of ketones is 1. The third-order valence-electron chi connectivity index (χ3n) is 4.01. The molecule has 1 fully saturated rings. The molecule has 3 unspecified atom stereocenters. The van der Waals surface area contributed by atoms with Crippen molar-refractivity contribution in [1.82, 2.24) is 4.98 Å². The van der Waals surface area contributed by atoms with Crippen molar-refractivity contribution in [3.8, 4) is 0 Å². The van der Waals surface area contributed by atoms with Gasteiger partial charge in [-0.1, -0.05) is 13.0 Å². The molecule has 0 N–H and O–H groups in total. The van der Waals surface area contributed by atoms with Gasteiger partial charge in [0.25, 0.3) is 0 Å². The summed E-state index contributed by atoms with van der Waals surface area (Å²) in [4.78, 5) is 16.7. The topological polar surface area (TPSA) is 30.0 Å². The maximum Gasteiger partial charge on any atom is 0.145 e. The number of carbonyl (C=O) groups excluding carboxylic acids is 1. The van der Waals surface area contributed by atoms with Crippen LogP contribution < -0.4 is 0 Å². The minimum atomic E-state index is 0.0971. The molecule has 3 rings (SSSR count). The summed E-state index contributed by atoms with van der Waals surface area (Å²) < 4.78 is 0. The number of carbonyl (C=O) groups is 1. The van der Waals surface area contributed by atoms with E-state index < -0.39 is 0 Å². The van der Waals surface area contributed by atoms with Crippen LogP contribution in [0.4, 0.5) is 0 Å². The standard InChI is InChI=1S/C14H17NO/c1-9-8-12(9)14(16)11-6-2-4-10-5-3-7-15-13(10)11/h3,5,7,9,11-12H,2,4,6,8H2,1H3. The van der Waals surface area contributed by atoms with E-state index in [0.717, 1.165) is 31.4 Å². The van der Waals surface area contributed by atoms with Crippen molar-refractivity contribution < 1.29 is 4.79 Å². The Morgan fingerprint density at radius 1 is 1.50 bits per heavy atom. The summed E-state index contributed by atoms with van der Waals surface area (Å²) >= 11 is 0. The van der Waals surface area contributed by atoms with Crippen molar-refractivity contribution in [2.24, 2.45) is 11.8 Å². The van der Waals surface area contributed by atoms with Gasteiger partial charge in [0.15, 0.2) is 0 Å². The Bertz CT molecular complexity index is 426. The van der Waals surface area contributed by atoms with Gasteiger partial charge in [-0.05, 0) is 43.2 Å². The summed E-state index contributed by atoms with van der Waals surface area (Å²) in [5.41, 5.74) is 2.36. The van der Waals surface area contributed by atoms with Crippen LogP contribution in [0.2, 0.25) is 0 Å². The van der Waals surface area contributed by atoms with Crippen LogP contribution in [-0.4, -0.2) is 10.8 Å². The normalized spacial score (nSPS) is 31.9. The number of Topliss-reactive ketones (excluding diaryl/α,β-unsaturated/α-hetero) is 1. The molecule has 84 valence electrons. The zero-order valence-electron chi connectivity index (χ0n) is 9.65. The third-order valence-corrected chi connectivity index (χ3v) is 4.01. The van der Waals surface area contributed by atoms with Crippen molar-refractivity contribution in [2.45, 2.75) is 38.5 Å². The third kappa shape index (κ3) is 1.57. The van der Waals surface area contributed by atoms with Gasteiger partial charge in [-0.3, -0.25) is 9.78 Å². The van der Waals surface area contributed by atoms with Crippen LogP contribution in [0.15, 0.2) is 18.3 Å². The highest BCUT2D eigenvalue weighted by Crippen LogP contribution is 2.44. The molecule has 0 bridgehead atoms. The minimum absolute atomic E-state index is 0.0971. The van der Waals surface area contributed by atoms with Crippen LogP contribution in [0, 0.1) is 11.8 Å². The summed E-state index contributed by atoms with van der Waals surface area (Å²) in [5, 5.41) is 0. The molecule has 1 heterocycles. The van der Waals surface area contributed by atoms with Crippen LogP contribution in [0.5, 0.6) is 0 Å². The lowest BCUT2D eigenvalue weighted by Crippen LogP contribution is -2.21. The number of aryl methyl sites for hydroxylation is 1. The average Bonchev–Trinajstić information content (AvgIpc) is 3.05. The fraction of sp³-hybridized carbons (Fsp3) is 0.571. The summed E-state index contributed by atoms with van der Waals surface area (Å²) in [6.07, 6.45) is 6.15. The van der Waals surface area contributed by atoms with Crippen LogP contribution >= 0.6 is 0 Å². The first-order valence-corrected chi connectivity index (χ1v) is 6.25. The number of aromatic nitrogens is 1. The zero-order chi connectivity index (χ0) is 11.1. The molecular weight excluding hydrogens is 198 g/mol. The van der Waals surface area contributed by atoms with Crippen LogP contribution in [0.3, 0.4) is 0 Å². The van der Waals surface area contributed by atoms with Gasteiger partial charge in [0.1, 0.15) is 5.78 Å². The second-order valence-electron chi connectivity index (χ2n) is 5.21. The van der Waals surface area contributed by atoms with Gasteiger partial charge in [-0.25, -0.2) is 0 Å². The van der Waals surface area contributed by atoms with E-state index in [0.29, 0.717) is 17.6 Å². The second-order valence-corrected chi connectivity index (χ2v) is 5.21. The number of pyridine rings is 1. The van der Waals surface area contributed by atoms with E-state index in [1.54, 1.807) is 0 Å². The predicted molar refractivity (Wildman–Crippen MR) is 62.2 cm³/mol. The molecule has 1 aromatic heterocycles. The Kier molecular flexibility index (Phi) is 2.31. The Hall–Kier alpha value is -1.18. The number of hydrogen-bond donors (Lipinski definition) is 0. The van der Waals surface area contributed by atoms with E-state index >= 15 is 0 Å². The van der Waals surface area contributed by atoms with E-state index in [4.69, 9.17) is 0 Å². The molecule has 0 saturated heterocycles. The monoisotopic (exact) mass is 215 g/mol. The summed E-state index contributed by atoms with van der Waals surface area (Å²) in [5.74, 6) is 1.49. The zero-order valence-corrected chi connectivity index (χ0v) is 9.65. The number of nitrogens with zero attached hydrogens (tertiary/aromatic N) is 1. The van der Waals surface area contributed by atoms with Crippen LogP contribution in [-0.2, 0) is 11.2 Å². The molecule has 2 aliphatic carbocycles. The van der Waals surface area contributed by atoms with Crippen LogP contribution in [0.1, 0.15) is 43.4 Å². The quantitative estimate of drug-likeness (QED) is 0.759. The van der Waals surface area contributed by atoms with Crippen LogP contribution in [0.25, 0.3) is 0 Å². The second kappa shape index (κ2) is 3.69. The van der Waals surface area contributed by atoms with E-state index in [-0.39, 0.29) is 5.92 Å². The van der Waals surface area contributed by atoms with Crippen molar-refractivity contribution in [3.63, 3.8) is 0 Å². The Morgan fingerprint density at radius 2 is 2.31 bits per heavy atom. The number of hydrogen-bond acceptors (Lipinski definition) is 2. The van der Waals surface area contributed by atoms with E-state index in [1.807, 2.05) is 12.3 Å². The minimum Gasteiger partial charge on any atom is -0.299 e.